The lowest BCUT2D eigenvalue weighted by atomic mass is 10.0. The molecule has 5 heteroatoms. The van der Waals surface area contributed by atoms with Crippen LogP contribution in [0, 0.1) is 0 Å². The standard InChI is InChI=1S/C21H15ClF2N2/c22-16-5-3-15-12-25-20(18-2-1-9-26(18)19(15)11-16)14-4-6-17-13(10-14)7-8-21(17,23)24/h1-6,9-11H,7-8,12H2. The smallest absolute Gasteiger partial charge is 0.273 e. The molecule has 0 bridgehead atoms. The van der Waals surface area contributed by atoms with E-state index in [9.17, 15) is 8.78 Å². The number of aryl methyl sites for hydroxylation is 1. The summed E-state index contributed by atoms with van der Waals surface area (Å²) >= 11 is 6.19. The molecule has 0 amide bonds. The van der Waals surface area contributed by atoms with Crippen LogP contribution in [0.15, 0.2) is 59.7 Å². The Morgan fingerprint density at radius 3 is 2.81 bits per heavy atom. The molecule has 2 nitrogen and oxygen atoms in total. The molecular formula is C21H15ClF2N2. The van der Waals surface area contributed by atoms with Crippen LogP contribution in [0.5, 0.6) is 0 Å². The Hall–Kier alpha value is -2.46. The van der Waals surface area contributed by atoms with E-state index < -0.39 is 5.92 Å². The number of hydrogen-bond donors (Lipinski definition) is 0. The van der Waals surface area contributed by atoms with Crippen molar-refractivity contribution in [3.8, 4) is 5.69 Å². The summed E-state index contributed by atoms with van der Waals surface area (Å²) in [6.45, 7) is 0.525. The van der Waals surface area contributed by atoms with E-state index in [1.54, 1.807) is 12.1 Å². The largest absolute Gasteiger partial charge is 0.315 e. The van der Waals surface area contributed by atoms with Crippen LogP contribution < -0.4 is 0 Å². The van der Waals surface area contributed by atoms with Crippen molar-refractivity contribution >= 4 is 17.3 Å². The van der Waals surface area contributed by atoms with Gasteiger partial charge in [-0.3, -0.25) is 4.99 Å². The quantitative estimate of drug-likeness (QED) is 0.538. The van der Waals surface area contributed by atoms with Crippen LogP contribution in [0.3, 0.4) is 0 Å². The highest BCUT2D eigenvalue weighted by atomic mass is 35.5. The summed E-state index contributed by atoms with van der Waals surface area (Å²) in [5.41, 5.74) is 5.59. The Bertz CT molecular complexity index is 1070. The Morgan fingerprint density at radius 2 is 1.92 bits per heavy atom. The SMILES string of the molecule is FC1(F)CCc2cc(C3=NCc4ccc(Cl)cc4-n4cccc43)ccc21. The molecule has 1 aliphatic heterocycles. The van der Waals surface area contributed by atoms with Gasteiger partial charge in [0.05, 0.1) is 23.6 Å². The maximum absolute atomic E-state index is 13.9. The summed E-state index contributed by atoms with van der Waals surface area (Å²) in [5.74, 6) is -2.72. The van der Waals surface area contributed by atoms with Crippen molar-refractivity contribution in [2.75, 3.05) is 0 Å². The van der Waals surface area contributed by atoms with E-state index in [1.807, 2.05) is 42.6 Å². The number of benzene rings is 2. The number of aromatic nitrogens is 1. The summed E-state index contributed by atoms with van der Waals surface area (Å²) in [7, 11) is 0. The number of fused-ring (bicyclic) bond motifs is 4. The normalized spacial score (nSPS) is 17.1. The maximum Gasteiger partial charge on any atom is 0.273 e. The van der Waals surface area contributed by atoms with Crippen LogP contribution in [0.4, 0.5) is 8.78 Å². The monoisotopic (exact) mass is 368 g/mol. The van der Waals surface area contributed by atoms with Gasteiger partial charge in [-0.25, -0.2) is 8.78 Å². The molecule has 130 valence electrons. The molecule has 0 saturated heterocycles. The Morgan fingerprint density at radius 1 is 1.04 bits per heavy atom. The first-order valence-electron chi connectivity index (χ1n) is 8.55. The zero-order valence-electron chi connectivity index (χ0n) is 13.8. The average Bonchev–Trinajstić information content (AvgIpc) is 3.17. The van der Waals surface area contributed by atoms with E-state index in [2.05, 4.69) is 4.57 Å². The zero-order chi connectivity index (χ0) is 17.9. The summed E-state index contributed by atoms with van der Waals surface area (Å²) in [6.07, 6.45) is 2.27. The molecule has 0 unspecified atom stereocenters. The fourth-order valence-corrected chi connectivity index (χ4v) is 4.06. The van der Waals surface area contributed by atoms with Crippen LogP contribution in [-0.2, 0) is 18.9 Å². The number of halogens is 3. The van der Waals surface area contributed by atoms with Gasteiger partial charge in [0.1, 0.15) is 0 Å². The van der Waals surface area contributed by atoms with Crippen LogP contribution in [0.2, 0.25) is 5.02 Å². The molecule has 3 aromatic rings. The molecule has 0 N–H and O–H groups in total. The van der Waals surface area contributed by atoms with Gasteiger partial charge in [0.15, 0.2) is 0 Å². The summed E-state index contributed by atoms with van der Waals surface area (Å²) in [6, 6.07) is 14.9. The number of nitrogens with zero attached hydrogens (tertiary/aromatic N) is 2. The van der Waals surface area contributed by atoms with Gasteiger partial charge >= 0.3 is 0 Å². The minimum atomic E-state index is -2.72. The third-order valence-corrected chi connectivity index (χ3v) is 5.42. The molecule has 2 aromatic carbocycles. The van der Waals surface area contributed by atoms with Crippen molar-refractivity contribution in [1.29, 1.82) is 0 Å². The lowest BCUT2D eigenvalue weighted by molar-refractivity contribution is -0.00183. The molecule has 0 saturated carbocycles. The third kappa shape index (κ3) is 2.32. The van der Waals surface area contributed by atoms with Gasteiger partial charge in [0.2, 0.25) is 0 Å². The van der Waals surface area contributed by atoms with Gasteiger partial charge in [0, 0.05) is 28.8 Å². The fourth-order valence-electron chi connectivity index (χ4n) is 3.89. The van der Waals surface area contributed by atoms with E-state index in [1.165, 1.54) is 0 Å². The fraction of sp³-hybridized carbons (Fsp3) is 0.190. The second-order valence-electron chi connectivity index (χ2n) is 6.78. The van der Waals surface area contributed by atoms with Gasteiger partial charge in [-0.05, 0) is 47.9 Å². The van der Waals surface area contributed by atoms with E-state index >= 15 is 0 Å². The molecule has 0 atom stereocenters. The van der Waals surface area contributed by atoms with Gasteiger partial charge in [-0.2, -0.15) is 0 Å². The third-order valence-electron chi connectivity index (χ3n) is 5.19. The molecule has 0 fully saturated rings. The molecule has 2 heterocycles. The second-order valence-corrected chi connectivity index (χ2v) is 7.21. The lowest BCUT2D eigenvalue weighted by Gasteiger charge is -2.13. The van der Waals surface area contributed by atoms with Crippen molar-refractivity contribution in [1.82, 2.24) is 4.57 Å². The van der Waals surface area contributed by atoms with Crippen molar-refractivity contribution < 1.29 is 8.78 Å². The van der Waals surface area contributed by atoms with Gasteiger partial charge in [-0.15, -0.1) is 0 Å². The predicted octanol–water partition coefficient (Wildman–Crippen LogP) is 5.52. The Labute approximate surface area is 154 Å². The first-order valence-corrected chi connectivity index (χ1v) is 8.93. The highest BCUT2D eigenvalue weighted by Crippen LogP contribution is 2.42. The molecule has 5 rings (SSSR count). The van der Waals surface area contributed by atoms with Crippen LogP contribution in [-0.4, -0.2) is 10.3 Å². The highest BCUT2D eigenvalue weighted by Gasteiger charge is 2.39. The highest BCUT2D eigenvalue weighted by molar-refractivity contribution is 6.30. The summed E-state index contributed by atoms with van der Waals surface area (Å²) < 4.78 is 29.9. The van der Waals surface area contributed by atoms with Crippen molar-refractivity contribution in [2.45, 2.75) is 25.3 Å². The summed E-state index contributed by atoms with van der Waals surface area (Å²) in [5, 5.41) is 0.673. The number of rotatable bonds is 1. The van der Waals surface area contributed by atoms with Gasteiger partial charge in [0.25, 0.3) is 5.92 Å². The van der Waals surface area contributed by atoms with Crippen LogP contribution >= 0.6 is 11.6 Å². The van der Waals surface area contributed by atoms with Crippen molar-refractivity contribution in [3.63, 3.8) is 0 Å². The Balaban J connectivity index is 1.66. The second kappa shape index (κ2) is 5.52. The topological polar surface area (TPSA) is 17.3 Å². The molecule has 1 aromatic heterocycles. The van der Waals surface area contributed by atoms with Gasteiger partial charge in [-0.1, -0.05) is 29.8 Å². The number of alkyl halides is 2. The van der Waals surface area contributed by atoms with Crippen molar-refractivity contribution in [3.05, 3.63) is 87.7 Å². The number of aliphatic imine (C=N–C) groups is 1. The van der Waals surface area contributed by atoms with Crippen molar-refractivity contribution in [2.24, 2.45) is 4.99 Å². The molecule has 26 heavy (non-hydrogen) atoms. The van der Waals surface area contributed by atoms with E-state index in [0.29, 0.717) is 18.0 Å². The van der Waals surface area contributed by atoms with Gasteiger partial charge < -0.3 is 4.57 Å². The zero-order valence-corrected chi connectivity index (χ0v) is 14.6. The minimum Gasteiger partial charge on any atom is -0.315 e. The molecular weight excluding hydrogens is 354 g/mol. The first kappa shape index (κ1) is 15.8. The van der Waals surface area contributed by atoms with Crippen LogP contribution in [0.1, 0.15) is 34.4 Å². The molecule has 1 aliphatic carbocycles. The number of hydrogen-bond acceptors (Lipinski definition) is 1. The van der Waals surface area contributed by atoms with E-state index in [-0.39, 0.29) is 12.0 Å². The van der Waals surface area contributed by atoms with E-state index in [0.717, 1.165) is 33.8 Å². The summed E-state index contributed by atoms with van der Waals surface area (Å²) in [4.78, 5) is 4.81. The van der Waals surface area contributed by atoms with E-state index in [4.69, 9.17) is 16.6 Å². The Kier molecular flexibility index (Phi) is 3.35. The molecule has 2 aliphatic rings. The average molecular weight is 369 g/mol. The van der Waals surface area contributed by atoms with Crippen LogP contribution in [0.25, 0.3) is 5.69 Å². The maximum atomic E-state index is 13.9. The lowest BCUT2D eigenvalue weighted by Crippen LogP contribution is -2.10. The molecule has 0 spiro atoms. The first-order chi connectivity index (χ1) is 12.5. The molecule has 0 radical (unpaired) electrons. The minimum absolute atomic E-state index is 0.113. The predicted molar refractivity (Wildman–Crippen MR) is 98.8 cm³/mol.